The Labute approximate surface area is 188 Å². The zero-order valence-corrected chi connectivity index (χ0v) is 18.5. The van der Waals surface area contributed by atoms with Gasteiger partial charge in [-0.2, -0.15) is 10.1 Å². The van der Waals surface area contributed by atoms with Crippen molar-refractivity contribution in [3.8, 4) is 17.3 Å². The van der Waals surface area contributed by atoms with E-state index in [2.05, 4.69) is 10.4 Å². The summed E-state index contributed by atoms with van der Waals surface area (Å²) < 4.78 is 7.93. The Morgan fingerprint density at radius 3 is 2.69 bits per heavy atom. The Hall–Kier alpha value is -3.22. The maximum absolute atomic E-state index is 12.9. The van der Waals surface area contributed by atoms with Crippen LogP contribution in [0.5, 0.6) is 5.88 Å². The molecule has 0 spiro atoms. The monoisotopic (exact) mass is 431 g/mol. The molecule has 2 aromatic heterocycles. The summed E-state index contributed by atoms with van der Waals surface area (Å²) >= 11 is 0. The number of benzene rings is 1. The van der Waals surface area contributed by atoms with Crippen LogP contribution in [0.1, 0.15) is 42.5 Å². The van der Waals surface area contributed by atoms with Crippen molar-refractivity contribution < 1.29 is 9.53 Å². The van der Waals surface area contributed by atoms with Gasteiger partial charge in [0.25, 0.3) is 0 Å². The number of amides is 1. The average molecular weight is 432 g/mol. The van der Waals surface area contributed by atoms with E-state index >= 15 is 0 Å². The first kappa shape index (κ1) is 20.7. The maximum atomic E-state index is 12.9. The van der Waals surface area contributed by atoms with Gasteiger partial charge >= 0.3 is 0 Å². The van der Waals surface area contributed by atoms with E-state index in [0.29, 0.717) is 30.8 Å². The Morgan fingerprint density at radius 1 is 1.12 bits per heavy atom. The van der Waals surface area contributed by atoms with Crippen LogP contribution in [0, 0.1) is 11.8 Å². The molecule has 1 unspecified atom stereocenters. The van der Waals surface area contributed by atoms with Crippen molar-refractivity contribution in [3.63, 3.8) is 0 Å². The van der Waals surface area contributed by atoms with E-state index in [1.54, 1.807) is 10.9 Å². The fourth-order valence-electron chi connectivity index (χ4n) is 4.22. The van der Waals surface area contributed by atoms with E-state index in [4.69, 9.17) is 14.7 Å². The molecule has 2 aliphatic carbocycles. The number of carbonyl (C=O) groups is 1. The van der Waals surface area contributed by atoms with Gasteiger partial charge in [0.15, 0.2) is 5.82 Å². The molecule has 1 saturated carbocycles. The van der Waals surface area contributed by atoms with E-state index in [1.807, 2.05) is 43.6 Å². The van der Waals surface area contributed by atoms with Crippen LogP contribution >= 0.6 is 0 Å². The Balaban J connectivity index is 1.33. The van der Waals surface area contributed by atoms with Crippen LogP contribution in [0.15, 0.2) is 42.7 Å². The lowest BCUT2D eigenvalue weighted by atomic mass is 9.99. The smallest absolute Gasteiger partial charge is 0.223 e. The number of nitrogens with zero attached hydrogens (tertiary/aromatic N) is 4. The van der Waals surface area contributed by atoms with Gasteiger partial charge in [-0.05, 0) is 44.4 Å². The van der Waals surface area contributed by atoms with Crippen molar-refractivity contribution in [2.45, 2.75) is 45.1 Å². The molecule has 1 N–H and O–H groups in total. The first-order chi connectivity index (χ1) is 15.7. The highest BCUT2D eigenvalue weighted by Gasteiger charge is 2.28. The van der Waals surface area contributed by atoms with E-state index in [9.17, 15) is 4.79 Å². The standard InChI is InChI=1S/C25H29N5O2/c1-30-15-18(14-27-30)13-26-24(31)20-9-11-21-22(12-10-20)28-23(19-5-3-2-4-6-19)29-25(21)32-16-17-7-8-17/h2-6,14-15,17,20H,7-13,16H2,1H3,(H,26,31). The fraction of sp³-hybridized carbons (Fsp3) is 0.440. The summed E-state index contributed by atoms with van der Waals surface area (Å²) in [5, 5.41) is 7.24. The van der Waals surface area contributed by atoms with Crippen molar-refractivity contribution in [2.75, 3.05) is 6.61 Å². The Bertz CT molecular complexity index is 1090. The molecular weight excluding hydrogens is 402 g/mol. The zero-order chi connectivity index (χ0) is 21.9. The molecule has 166 valence electrons. The number of aryl methyl sites for hydroxylation is 2. The third kappa shape index (κ3) is 4.82. The highest BCUT2D eigenvalue weighted by atomic mass is 16.5. The molecule has 7 heteroatoms. The molecule has 0 aliphatic heterocycles. The normalized spacial score (nSPS) is 18.0. The minimum atomic E-state index is -0.0441. The lowest BCUT2D eigenvalue weighted by molar-refractivity contribution is -0.125. The van der Waals surface area contributed by atoms with E-state index in [-0.39, 0.29) is 11.8 Å². The van der Waals surface area contributed by atoms with Gasteiger partial charge in [0.1, 0.15) is 0 Å². The van der Waals surface area contributed by atoms with E-state index < -0.39 is 0 Å². The molecule has 2 heterocycles. The number of nitrogens with one attached hydrogen (secondary N) is 1. The van der Waals surface area contributed by atoms with Crippen molar-refractivity contribution in [3.05, 3.63) is 59.5 Å². The second-order valence-corrected chi connectivity index (χ2v) is 8.91. The van der Waals surface area contributed by atoms with Crippen LogP contribution < -0.4 is 10.1 Å². The van der Waals surface area contributed by atoms with Gasteiger partial charge in [-0.25, -0.2) is 4.98 Å². The Kier molecular flexibility index (Phi) is 5.88. The third-order valence-electron chi connectivity index (χ3n) is 6.31. The van der Waals surface area contributed by atoms with Gasteiger partial charge in [0.05, 0.1) is 18.5 Å². The summed E-state index contributed by atoms with van der Waals surface area (Å²) in [6.45, 7) is 1.22. The summed E-state index contributed by atoms with van der Waals surface area (Å²) in [5.74, 6) is 2.11. The molecule has 1 amide bonds. The lowest BCUT2D eigenvalue weighted by Crippen LogP contribution is -2.30. The molecule has 0 radical (unpaired) electrons. The van der Waals surface area contributed by atoms with Gasteiger partial charge in [-0.15, -0.1) is 0 Å². The number of aromatic nitrogens is 4. The molecule has 1 fully saturated rings. The van der Waals surface area contributed by atoms with E-state index in [1.165, 1.54) is 12.8 Å². The summed E-state index contributed by atoms with van der Waals surface area (Å²) in [7, 11) is 1.88. The molecule has 0 bridgehead atoms. The fourth-order valence-corrected chi connectivity index (χ4v) is 4.22. The second-order valence-electron chi connectivity index (χ2n) is 8.91. The molecule has 1 atom stereocenters. The quantitative estimate of drug-likeness (QED) is 0.579. The number of carbonyl (C=O) groups excluding carboxylic acids is 1. The van der Waals surface area contributed by atoms with Crippen LogP contribution in [0.2, 0.25) is 0 Å². The van der Waals surface area contributed by atoms with Gasteiger partial charge in [-0.1, -0.05) is 30.3 Å². The van der Waals surface area contributed by atoms with Crippen LogP contribution in [-0.4, -0.2) is 32.3 Å². The third-order valence-corrected chi connectivity index (χ3v) is 6.31. The number of hydrogen-bond donors (Lipinski definition) is 1. The topological polar surface area (TPSA) is 81.9 Å². The minimum Gasteiger partial charge on any atom is -0.477 e. The lowest BCUT2D eigenvalue weighted by Gasteiger charge is -2.14. The number of hydrogen-bond acceptors (Lipinski definition) is 5. The molecular formula is C25H29N5O2. The van der Waals surface area contributed by atoms with Crippen LogP contribution in [-0.2, 0) is 31.2 Å². The molecule has 2 aliphatic rings. The molecule has 1 aromatic carbocycles. The molecule has 3 aromatic rings. The largest absolute Gasteiger partial charge is 0.477 e. The van der Waals surface area contributed by atoms with Gasteiger partial charge in [-0.3, -0.25) is 9.48 Å². The van der Waals surface area contributed by atoms with Crippen molar-refractivity contribution in [1.82, 2.24) is 25.1 Å². The molecule has 5 rings (SSSR count). The van der Waals surface area contributed by atoms with Gasteiger partial charge in [0, 0.05) is 42.4 Å². The molecule has 7 nitrogen and oxygen atoms in total. The summed E-state index contributed by atoms with van der Waals surface area (Å²) in [5.41, 5.74) is 4.09. The maximum Gasteiger partial charge on any atom is 0.223 e. The summed E-state index contributed by atoms with van der Waals surface area (Å²) in [6, 6.07) is 10.0. The molecule has 32 heavy (non-hydrogen) atoms. The van der Waals surface area contributed by atoms with Crippen LogP contribution in [0.4, 0.5) is 0 Å². The van der Waals surface area contributed by atoms with Crippen molar-refractivity contribution in [1.29, 1.82) is 0 Å². The van der Waals surface area contributed by atoms with E-state index in [0.717, 1.165) is 48.1 Å². The van der Waals surface area contributed by atoms with Crippen molar-refractivity contribution >= 4 is 5.91 Å². The minimum absolute atomic E-state index is 0.0441. The van der Waals surface area contributed by atoms with Gasteiger partial charge < -0.3 is 10.1 Å². The van der Waals surface area contributed by atoms with Crippen molar-refractivity contribution in [2.24, 2.45) is 18.9 Å². The SMILES string of the molecule is Cn1cc(CNC(=O)C2CCc3nc(-c4ccccc4)nc(OCC4CC4)c3CC2)cn1. The highest BCUT2D eigenvalue weighted by Crippen LogP contribution is 2.34. The zero-order valence-electron chi connectivity index (χ0n) is 18.5. The predicted octanol–water partition coefficient (Wildman–Crippen LogP) is 3.48. The van der Waals surface area contributed by atoms with Gasteiger partial charge in [0.2, 0.25) is 11.8 Å². The summed E-state index contributed by atoms with van der Waals surface area (Å²) in [6.07, 6.45) is 9.24. The number of ether oxygens (including phenoxy) is 1. The summed E-state index contributed by atoms with van der Waals surface area (Å²) in [4.78, 5) is 22.6. The average Bonchev–Trinajstić information content (AvgIpc) is 3.59. The highest BCUT2D eigenvalue weighted by molar-refractivity contribution is 5.78. The van der Waals surface area contributed by atoms with Crippen LogP contribution in [0.3, 0.4) is 0 Å². The molecule has 0 saturated heterocycles. The van der Waals surface area contributed by atoms with Crippen LogP contribution in [0.25, 0.3) is 11.4 Å². The number of fused-ring (bicyclic) bond motifs is 1. The first-order valence-electron chi connectivity index (χ1n) is 11.5. The first-order valence-corrected chi connectivity index (χ1v) is 11.5. The second kappa shape index (κ2) is 9.10. The number of rotatable bonds is 7. The Morgan fingerprint density at radius 2 is 1.94 bits per heavy atom. The predicted molar refractivity (Wildman–Crippen MR) is 121 cm³/mol.